The fraction of sp³-hybridized carbons (Fsp3) is 0.484. The molecular formula is C31H35NO11. The molecule has 2 aromatic carbocycles. The van der Waals surface area contributed by atoms with Gasteiger partial charge in [-0.1, -0.05) is 35.8 Å². The van der Waals surface area contributed by atoms with Gasteiger partial charge in [-0.2, -0.15) is 0 Å². The fourth-order valence-electron chi connectivity index (χ4n) is 5.57. The second-order valence-electron chi connectivity index (χ2n) is 10.7. The van der Waals surface area contributed by atoms with Gasteiger partial charge in [0.25, 0.3) is 0 Å². The predicted octanol–water partition coefficient (Wildman–Crippen LogP) is -2.44. The maximum Gasteiger partial charge on any atom is 0.147 e. The Morgan fingerprint density at radius 3 is 1.74 bits per heavy atom. The number of benzene rings is 2. The van der Waals surface area contributed by atoms with Crippen LogP contribution in [-0.4, -0.2) is 131 Å². The third-order valence-electron chi connectivity index (χ3n) is 7.97. The van der Waals surface area contributed by atoms with Gasteiger partial charge in [-0.3, -0.25) is 0 Å². The molecule has 0 unspecified atom stereocenters. The smallest absolute Gasteiger partial charge is 0.147 e. The van der Waals surface area contributed by atoms with Crippen molar-refractivity contribution in [1.29, 1.82) is 0 Å². The lowest BCUT2D eigenvalue weighted by Gasteiger charge is -2.39. The van der Waals surface area contributed by atoms with E-state index in [9.17, 15) is 46.0 Å². The van der Waals surface area contributed by atoms with Crippen LogP contribution >= 0.6 is 0 Å². The highest BCUT2D eigenvalue weighted by atomic mass is 16.5. The van der Waals surface area contributed by atoms with Gasteiger partial charge in [0.2, 0.25) is 0 Å². The molecule has 3 aromatic rings. The summed E-state index contributed by atoms with van der Waals surface area (Å²) in [5.74, 6) is 11.7. The van der Waals surface area contributed by atoms with E-state index in [2.05, 4.69) is 23.7 Å². The maximum absolute atomic E-state index is 10.3. The van der Waals surface area contributed by atoms with Crippen molar-refractivity contribution in [3.8, 4) is 23.7 Å². The molecule has 2 aliphatic heterocycles. The van der Waals surface area contributed by atoms with Crippen molar-refractivity contribution < 1.29 is 55.4 Å². The molecule has 10 atom stereocenters. The summed E-state index contributed by atoms with van der Waals surface area (Å²) in [6, 6.07) is 11.1. The lowest BCUT2D eigenvalue weighted by molar-refractivity contribution is -0.227. The molecule has 5 rings (SSSR count). The van der Waals surface area contributed by atoms with Crippen LogP contribution in [0.25, 0.3) is 21.8 Å². The molecular weight excluding hydrogens is 562 g/mol. The Kier molecular flexibility index (Phi) is 9.68. The third kappa shape index (κ3) is 6.14. The van der Waals surface area contributed by atoms with Crippen LogP contribution in [0.4, 0.5) is 0 Å². The zero-order valence-electron chi connectivity index (χ0n) is 23.1. The first-order valence-corrected chi connectivity index (χ1v) is 14.0. The van der Waals surface area contributed by atoms with E-state index in [1.54, 1.807) is 6.07 Å². The molecule has 3 heterocycles. The van der Waals surface area contributed by atoms with E-state index in [1.807, 2.05) is 34.9 Å². The Hall–Kier alpha value is -3.08. The van der Waals surface area contributed by atoms with Crippen LogP contribution < -0.4 is 0 Å². The summed E-state index contributed by atoms with van der Waals surface area (Å²) in [6.07, 6.45) is -12.7. The average Bonchev–Trinajstić information content (AvgIpc) is 3.31. The second kappa shape index (κ2) is 13.3. The summed E-state index contributed by atoms with van der Waals surface area (Å²) in [4.78, 5) is 0. The van der Waals surface area contributed by atoms with Crippen LogP contribution in [0.3, 0.4) is 0 Å². The van der Waals surface area contributed by atoms with Crippen LogP contribution in [-0.2, 0) is 16.0 Å². The summed E-state index contributed by atoms with van der Waals surface area (Å²) in [5.41, 5.74) is 2.83. The van der Waals surface area contributed by atoms with Gasteiger partial charge in [0.1, 0.15) is 54.9 Å². The van der Waals surface area contributed by atoms with E-state index in [1.165, 1.54) is 0 Å². The quantitative estimate of drug-likeness (QED) is 0.141. The molecule has 230 valence electrons. The lowest BCUT2D eigenvalue weighted by atomic mass is 9.93. The van der Waals surface area contributed by atoms with Crippen LogP contribution in [0, 0.1) is 23.7 Å². The van der Waals surface area contributed by atoms with Gasteiger partial charge in [0.15, 0.2) is 0 Å². The van der Waals surface area contributed by atoms with Crippen LogP contribution in [0.1, 0.15) is 17.5 Å². The molecule has 0 radical (unpaired) electrons. The monoisotopic (exact) mass is 597 g/mol. The Balaban J connectivity index is 1.41. The van der Waals surface area contributed by atoms with E-state index >= 15 is 0 Å². The number of ether oxygens (including phenoxy) is 2. The second-order valence-corrected chi connectivity index (χ2v) is 10.7. The van der Waals surface area contributed by atoms with Gasteiger partial charge in [-0.15, -0.1) is 0 Å². The van der Waals surface area contributed by atoms with E-state index in [-0.39, 0.29) is 19.6 Å². The van der Waals surface area contributed by atoms with Gasteiger partial charge in [-0.05, 0) is 24.3 Å². The number of fused-ring (bicyclic) bond motifs is 3. The number of aliphatic hydroxyl groups excluding tert-OH is 9. The lowest BCUT2D eigenvalue weighted by Crippen LogP contribution is -2.58. The zero-order chi connectivity index (χ0) is 30.8. The summed E-state index contributed by atoms with van der Waals surface area (Å²) >= 11 is 0. The van der Waals surface area contributed by atoms with Crippen LogP contribution in [0.15, 0.2) is 36.4 Å². The van der Waals surface area contributed by atoms with E-state index < -0.39 is 74.3 Å². The van der Waals surface area contributed by atoms with Crippen LogP contribution in [0.2, 0.25) is 0 Å². The highest BCUT2D eigenvalue weighted by molar-refractivity contribution is 6.08. The van der Waals surface area contributed by atoms with Crippen molar-refractivity contribution in [2.24, 2.45) is 0 Å². The SMILES string of the molecule is OCCn1c2cc(C#CC[C@H]3O[C@H](CO)[C@@H](O)[C@H](O)[C@@H]3O)ccc2c2ccc(C#C[C@H]3O[C@H](CO)[C@@H](O)[C@H](O)[C@@H]3O)cc21. The molecule has 2 saturated heterocycles. The standard InChI is InChI=1S/C31H35NO11/c33-11-10-32-20-12-16(2-1-3-22-26(36)30(40)28(38)24(14-34)42-22)4-7-18(20)19-8-5-17(13-21(19)32)6-9-23-27(37)31(41)29(39)25(15-35)43-23/h4-5,7-8,12-13,22-31,33-41H,3,10-11,14-15H2/t22-,23-,24-,25-,26-,27-,28-,29-,30-,31-/m1/s1. The number of aromatic nitrogens is 1. The minimum Gasteiger partial charge on any atom is -0.395 e. The number of hydrogen-bond donors (Lipinski definition) is 9. The van der Waals surface area contributed by atoms with Gasteiger partial charge in [-0.25, -0.2) is 0 Å². The highest BCUT2D eigenvalue weighted by Crippen LogP contribution is 2.31. The number of hydrogen-bond acceptors (Lipinski definition) is 11. The van der Waals surface area contributed by atoms with Crippen molar-refractivity contribution in [2.45, 2.75) is 74.0 Å². The zero-order valence-corrected chi connectivity index (χ0v) is 23.1. The Morgan fingerprint density at radius 1 is 0.628 bits per heavy atom. The Labute approximate surface area is 247 Å². The van der Waals surface area contributed by atoms with E-state index in [4.69, 9.17) is 9.47 Å². The molecule has 12 nitrogen and oxygen atoms in total. The fourth-order valence-corrected chi connectivity index (χ4v) is 5.57. The van der Waals surface area contributed by atoms with Gasteiger partial charge in [0.05, 0.1) is 37.0 Å². The molecule has 2 fully saturated rings. The van der Waals surface area contributed by atoms with Gasteiger partial charge in [0, 0.05) is 34.9 Å². The average molecular weight is 598 g/mol. The van der Waals surface area contributed by atoms with E-state index in [0.717, 1.165) is 21.8 Å². The molecule has 12 heteroatoms. The third-order valence-corrected chi connectivity index (χ3v) is 7.97. The molecule has 0 spiro atoms. The van der Waals surface area contributed by atoms with Gasteiger partial charge < -0.3 is 60.0 Å². The summed E-state index contributed by atoms with van der Waals surface area (Å²) in [5, 5.41) is 91.0. The van der Waals surface area contributed by atoms with Crippen molar-refractivity contribution in [3.05, 3.63) is 47.5 Å². The maximum atomic E-state index is 10.3. The molecule has 43 heavy (non-hydrogen) atoms. The van der Waals surface area contributed by atoms with Crippen molar-refractivity contribution in [3.63, 3.8) is 0 Å². The minimum atomic E-state index is -1.52. The molecule has 0 bridgehead atoms. The normalized spacial score (nSPS) is 32.7. The van der Waals surface area contributed by atoms with Crippen molar-refractivity contribution >= 4 is 21.8 Å². The van der Waals surface area contributed by atoms with Crippen LogP contribution in [0.5, 0.6) is 0 Å². The van der Waals surface area contributed by atoms with Gasteiger partial charge >= 0.3 is 0 Å². The first kappa shape index (κ1) is 31.3. The minimum absolute atomic E-state index is 0.0512. The topological polar surface area (TPSA) is 205 Å². The first-order valence-electron chi connectivity index (χ1n) is 14.0. The number of nitrogens with zero attached hydrogens (tertiary/aromatic N) is 1. The molecule has 0 saturated carbocycles. The molecule has 2 aliphatic rings. The Bertz CT molecular complexity index is 1560. The summed E-state index contributed by atoms with van der Waals surface area (Å²) in [6.45, 7) is -0.906. The number of rotatable bonds is 5. The largest absolute Gasteiger partial charge is 0.395 e. The first-order chi connectivity index (χ1) is 20.7. The highest BCUT2D eigenvalue weighted by Gasteiger charge is 2.43. The predicted molar refractivity (Wildman–Crippen MR) is 152 cm³/mol. The summed E-state index contributed by atoms with van der Waals surface area (Å²) in [7, 11) is 0. The summed E-state index contributed by atoms with van der Waals surface area (Å²) < 4.78 is 12.9. The molecule has 0 amide bonds. The van der Waals surface area contributed by atoms with Crippen molar-refractivity contribution in [2.75, 3.05) is 19.8 Å². The molecule has 1 aromatic heterocycles. The Morgan fingerprint density at radius 2 is 1.16 bits per heavy atom. The van der Waals surface area contributed by atoms with Crippen molar-refractivity contribution in [1.82, 2.24) is 4.57 Å². The number of aliphatic hydroxyl groups is 9. The van der Waals surface area contributed by atoms with E-state index in [0.29, 0.717) is 11.1 Å². The molecule has 0 aliphatic carbocycles. The molecule has 9 N–H and O–H groups in total.